The average Bonchev–Trinajstić information content (AvgIpc) is 2.83. The van der Waals surface area contributed by atoms with Gasteiger partial charge >= 0.3 is 0 Å². The summed E-state index contributed by atoms with van der Waals surface area (Å²) < 4.78 is 21.8. The summed E-state index contributed by atoms with van der Waals surface area (Å²) in [5.74, 6) is 0.620. The number of aliphatic hydroxyl groups is 1. The van der Waals surface area contributed by atoms with Crippen LogP contribution in [0.25, 0.3) is 0 Å². The van der Waals surface area contributed by atoms with E-state index in [0.29, 0.717) is 18.8 Å². The molecular weight excluding hydrogens is 200 g/mol. The van der Waals surface area contributed by atoms with Gasteiger partial charge < -0.3 is 5.11 Å². The molecule has 1 aliphatic rings. The van der Waals surface area contributed by atoms with Gasteiger partial charge in [-0.05, 0) is 38.0 Å². The van der Waals surface area contributed by atoms with Gasteiger partial charge in [0.2, 0.25) is 0 Å². The molecule has 0 aromatic heterocycles. The second-order valence-corrected chi connectivity index (χ2v) is 6.72. The molecule has 0 radical (unpaired) electrons. The molecule has 1 saturated carbocycles. The number of hydrogen-bond acceptors (Lipinski definition) is 3. The van der Waals surface area contributed by atoms with Crippen molar-refractivity contribution in [2.75, 3.05) is 12.0 Å². The minimum absolute atomic E-state index is 0.196. The predicted octanol–water partition coefficient (Wildman–Crippen LogP) is 1.36. The number of hydrogen-bond donors (Lipinski definition) is 1. The van der Waals surface area contributed by atoms with E-state index in [9.17, 15) is 13.5 Å². The van der Waals surface area contributed by atoms with E-state index >= 15 is 0 Å². The van der Waals surface area contributed by atoms with Gasteiger partial charge in [0.25, 0.3) is 0 Å². The van der Waals surface area contributed by atoms with E-state index in [2.05, 4.69) is 0 Å². The summed E-state index contributed by atoms with van der Waals surface area (Å²) in [5.41, 5.74) is -0.593. The molecule has 1 aliphatic carbocycles. The van der Waals surface area contributed by atoms with E-state index in [1.165, 1.54) is 6.26 Å². The highest BCUT2D eigenvalue weighted by Crippen LogP contribution is 2.43. The fraction of sp³-hybridized carbons (Fsp3) is 1.00. The van der Waals surface area contributed by atoms with Crippen LogP contribution < -0.4 is 0 Å². The third-order valence-electron chi connectivity index (χ3n) is 3.07. The Labute approximate surface area is 86.4 Å². The lowest BCUT2D eigenvalue weighted by atomic mass is 9.90. The lowest BCUT2D eigenvalue weighted by Crippen LogP contribution is -2.30. The maximum Gasteiger partial charge on any atom is 0.147 e. The first-order chi connectivity index (χ1) is 6.37. The molecular formula is C10H20O3S. The molecule has 1 atom stereocenters. The summed E-state index contributed by atoms with van der Waals surface area (Å²) >= 11 is 0. The van der Waals surface area contributed by atoms with Crippen molar-refractivity contribution in [2.45, 2.75) is 44.6 Å². The normalized spacial score (nSPS) is 21.9. The molecule has 0 aliphatic heterocycles. The Bertz CT molecular complexity index is 280. The molecule has 3 nitrogen and oxygen atoms in total. The molecule has 1 fully saturated rings. The topological polar surface area (TPSA) is 54.4 Å². The molecule has 0 aromatic carbocycles. The van der Waals surface area contributed by atoms with Crippen LogP contribution in [0.15, 0.2) is 0 Å². The van der Waals surface area contributed by atoms with Crippen molar-refractivity contribution in [3.63, 3.8) is 0 Å². The van der Waals surface area contributed by atoms with Crippen molar-refractivity contribution in [3.8, 4) is 0 Å². The van der Waals surface area contributed by atoms with E-state index < -0.39 is 15.4 Å². The van der Waals surface area contributed by atoms with Crippen LogP contribution in [0, 0.1) is 5.92 Å². The van der Waals surface area contributed by atoms with Crippen LogP contribution in [-0.4, -0.2) is 31.1 Å². The van der Waals surface area contributed by atoms with Crippen molar-refractivity contribution in [3.05, 3.63) is 0 Å². The molecule has 84 valence electrons. The molecule has 1 N–H and O–H groups in total. The van der Waals surface area contributed by atoms with E-state index in [0.717, 1.165) is 19.3 Å². The van der Waals surface area contributed by atoms with Crippen molar-refractivity contribution in [2.24, 2.45) is 5.92 Å². The smallest absolute Gasteiger partial charge is 0.147 e. The highest BCUT2D eigenvalue weighted by Gasteiger charge is 2.41. The van der Waals surface area contributed by atoms with Crippen LogP contribution in [0.4, 0.5) is 0 Å². The summed E-state index contributed by atoms with van der Waals surface area (Å²) in [6, 6.07) is 0. The molecule has 1 unspecified atom stereocenters. The van der Waals surface area contributed by atoms with Crippen molar-refractivity contribution in [1.82, 2.24) is 0 Å². The summed E-state index contributed by atoms with van der Waals surface area (Å²) in [5, 5.41) is 10.2. The predicted molar refractivity (Wildman–Crippen MR) is 56.9 cm³/mol. The van der Waals surface area contributed by atoms with Gasteiger partial charge in [-0.2, -0.15) is 0 Å². The molecule has 1 rings (SSSR count). The summed E-state index contributed by atoms with van der Waals surface area (Å²) in [6.45, 7) is 1.97. The third-order valence-corrected chi connectivity index (χ3v) is 4.10. The lowest BCUT2D eigenvalue weighted by Gasteiger charge is -2.26. The largest absolute Gasteiger partial charge is 0.390 e. The first-order valence-corrected chi connectivity index (χ1v) is 7.33. The van der Waals surface area contributed by atoms with Crippen LogP contribution in [-0.2, 0) is 9.84 Å². The zero-order valence-electron chi connectivity index (χ0n) is 8.99. The molecule has 0 saturated heterocycles. The Balaban J connectivity index is 2.34. The summed E-state index contributed by atoms with van der Waals surface area (Å²) in [7, 11) is -2.87. The fourth-order valence-corrected chi connectivity index (χ4v) is 2.60. The van der Waals surface area contributed by atoms with Crippen molar-refractivity contribution in [1.29, 1.82) is 0 Å². The zero-order valence-corrected chi connectivity index (χ0v) is 9.81. The summed E-state index contributed by atoms with van der Waals surface area (Å²) in [4.78, 5) is 0. The second kappa shape index (κ2) is 4.19. The first kappa shape index (κ1) is 12.0. The highest BCUT2D eigenvalue weighted by atomic mass is 32.2. The lowest BCUT2D eigenvalue weighted by molar-refractivity contribution is 0.00476. The third kappa shape index (κ3) is 3.58. The maximum atomic E-state index is 10.9. The molecule has 0 spiro atoms. The second-order valence-electron chi connectivity index (χ2n) is 4.46. The fourth-order valence-electron chi connectivity index (χ4n) is 1.93. The maximum absolute atomic E-state index is 10.9. The molecule has 0 amide bonds. The minimum Gasteiger partial charge on any atom is -0.390 e. The van der Waals surface area contributed by atoms with Gasteiger partial charge in [-0.15, -0.1) is 0 Å². The van der Waals surface area contributed by atoms with E-state index in [-0.39, 0.29) is 5.75 Å². The van der Waals surface area contributed by atoms with Gasteiger partial charge in [0.1, 0.15) is 9.84 Å². The van der Waals surface area contributed by atoms with Gasteiger partial charge in [0.05, 0.1) is 5.60 Å². The quantitative estimate of drug-likeness (QED) is 0.735. The van der Waals surface area contributed by atoms with Gasteiger partial charge in [-0.1, -0.05) is 6.92 Å². The van der Waals surface area contributed by atoms with Crippen molar-refractivity contribution >= 4 is 9.84 Å². The number of sulfone groups is 1. The van der Waals surface area contributed by atoms with Gasteiger partial charge in [-0.25, -0.2) is 8.42 Å². The molecule has 4 heteroatoms. The van der Waals surface area contributed by atoms with E-state index in [1.807, 2.05) is 6.92 Å². The highest BCUT2D eigenvalue weighted by molar-refractivity contribution is 7.90. The molecule has 0 aromatic rings. The van der Waals surface area contributed by atoms with Gasteiger partial charge in [0.15, 0.2) is 0 Å². The number of rotatable bonds is 6. The van der Waals surface area contributed by atoms with E-state index in [1.54, 1.807) is 0 Å². The SMILES string of the molecule is CCC(O)(CCCS(C)(=O)=O)C1CC1. The molecule has 14 heavy (non-hydrogen) atoms. The van der Waals surface area contributed by atoms with Gasteiger partial charge in [-0.3, -0.25) is 0 Å². The minimum atomic E-state index is -2.87. The van der Waals surface area contributed by atoms with E-state index in [4.69, 9.17) is 0 Å². The van der Waals surface area contributed by atoms with Crippen LogP contribution in [0.2, 0.25) is 0 Å². The Morgan fingerprint density at radius 2 is 2.00 bits per heavy atom. The monoisotopic (exact) mass is 220 g/mol. The van der Waals surface area contributed by atoms with Crippen LogP contribution in [0.5, 0.6) is 0 Å². The Hall–Kier alpha value is -0.0900. The Kier molecular flexibility index (Phi) is 3.58. The van der Waals surface area contributed by atoms with Crippen LogP contribution in [0.1, 0.15) is 39.0 Å². The van der Waals surface area contributed by atoms with Gasteiger partial charge in [0, 0.05) is 12.0 Å². The molecule has 0 heterocycles. The first-order valence-electron chi connectivity index (χ1n) is 5.27. The standard InChI is InChI=1S/C10H20O3S/c1-3-10(11,9-5-6-9)7-4-8-14(2,12)13/h9,11H,3-8H2,1-2H3. The van der Waals surface area contributed by atoms with Crippen molar-refractivity contribution < 1.29 is 13.5 Å². The zero-order chi connectivity index (χ0) is 10.8. The Morgan fingerprint density at radius 1 is 1.43 bits per heavy atom. The summed E-state index contributed by atoms with van der Waals surface area (Å²) in [6.07, 6.45) is 5.39. The van der Waals surface area contributed by atoms with Crippen LogP contribution in [0.3, 0.4) is 0 Å². The van der Waals surface area contributed by atoms with Crippen LogP contribution >= 0.6 is 0 Å². The average molecular weight is 220 g/mol. The Morgan fingerprint density at radius 3 is 2.36 bits per heavy atom. The molecule has 0 bridgehead atoms.